The van der Waals surface area contributed by atoms with Crippen molar-refractivity contribution in [2.45, 2.75) is 31.7 Å². The van der Waals surface area contributed by atoms with E-state index in [1.807, 2.05) is 11.9 Å². The lowest BCUT2D eigenvalue weighted by atomic mass is 9.82. The van der Waals surface area contributed by atoms with Crippen molar-refractivity contribution in [1.29, 1.82) is 0 Å². The predicted octanol–water partition coefficient (Wildman–Crippen LogP) is 0.607. The number of rotatable bonds is 3. The molecule has 1 N–H and O–H groups in total. The summed E-state index contributed by atoms with van der Waals surface area (Å²) in [5.74, 6) is 1.04. The number of carbonyl (C=O) groups excluding carboxylic acids is 1. The Labute approximate surface area is 79.5 Å². The molecule has 13 heavy (non-hydrogen) atoms. The largest absolute Gasteiger partial charge is 0.340 e. The van der Waals surface area contributed by atoms with E-state index in [0.29, 0.717) is 17.9 Å². The molecule has 3 nitrogen and oxygen atoms in total. The number of amides is 1. The number of carbonyl (C=O) groups is 1. The van der Waals surface area contributed by atoms with Crippen molar-refractivity contribution in [2.75, 3.05) is 20.1 Å². The minimum Gasteiger partial charge on any atom is -0.340 e. The second-order valence-electron chi connectivity index (χ2n) is 4.32. The van der Waals surface area contributed by atoms with E-state index >= 15 is 0 Å². The molecule has 3 heteroatoms. The Hall–Kier alpha value is -0.570. The standard InChI is InChI=1S/C10H18N2O/c1-12(9-6-11-7-9)10(13)5-8-3-2-4-8/h8-9,11H,2-7H2,1H3. The lowest BCUT2D eigenvalue weighted by Crippen LogP contribution is -2.57. The molecule has 1 saturated carbocycles. The summed E-state index contributed by atoms with van der Waals surface area (Å²) in [5, 5.41) is 3.18. The Morgan fingerprint density at radius 2 is 2.15 bits per heavy atom. The van der Waals surface area contributed by atoms with Gasteiger partial charge in [-0.05, 0) is 18.8 Å². The normalized spacial score (nSPS) is 23.5. The SMILES string of the molecule is CN(C(=O)CC1CCC1)C1CNC1. The Kier molecular flexibility index (Phi) is 2.54. The molecule has 0 aromatic carbocycles. The van der Waals surface area contributed by atoms with Crippen LogP contribution in [-0.2, 0) is 4.79 Å². The van der Waals surface area contributed by atoms with Crippen molar-refractivity contribution in [3.63, 3.8) is 0 Å². The van der Waals surface area contributed by atoms with Crippen molar-refractivity contribution in [1.82, 2.24) is 10.2 Å². The third kappa shape index (κ3) is 1.85. The van der Waals surface area contributed by atoms with Gasteiger partial charge in [0.2, 0.25) is 5.91 Å². The van der Waals surface area contributed by atoms with Gasteiger partial charge >= 0.3 is 0 Å². The van der Waals surface area contributed by atoms with Crippen molar-refractivity contribution in [2.24, 2.45) is 5.92 Å². The fraction of sp³-hybridized carbons (Fsp3) is 0.900. The third-order valence-corrected chi connectivity index (χ3v) is 3.39. The first-order valence-corrected chi connectivity index (χ1v) is 5.24. The zero-order valence-electron chi connectivity index (χ0n) is 8.25. The second-order valence-corrected chi connectivity index (χ2v) is 4.32. The molecule has 1 heterocycles. The molecule has 2 fully saturated rings. The summed E-state index contributed by atoms with van der Waals surface area (Å²) in [4.78, 5) is 13.6. The summed E-state index contributed by atoms with van der Waals surface area (Å²) in [6, 6.07) is 0.465. The number of hydrogen-bond donors (Lipinski definition) is 1. The van der Waals surface area contributed by atoms with Crippen LogP contribution in [0.1, 0.15) is 25.7 Å². The molecule has 1 aliphatic heterocycles. The van der Waals surface area contributed by atoms with Gasteiger partial charge in [-0.2, -0.15) is 0 Å². The monoisotopic (exact) mass is 182 g/mol. The van der Waals surface area contributed by atoms with Gasteiger partial charge in [-0.1, -0.05) is 6.42 Å². The molecule has 74 valence electrons. The van der Waals surface area contributed by atoms with Crippen LogP contribution in [0.3, 0.4) is 0 Å². The molecule has 0 radical (unpaired) electrons. The van der Waals surface area contributed by atoms with Crippen LogP contribution in [0, 0.1) is 5.92 Å². The van der Waals surface area contributed by atoms with Crippen LogP contribution in [0.15, 0.2) is 0 Å². The van der Waals surface area contributed by atoms with Gasteiger partial charge in [-0.15, -0.1) is 0 Å². The van der Waals surface area contributed by atoms with Crippen molar-refractivity contribution >= 4 is 5.91 Å². The smallest absolute Gasteiger partial charge is 0.222 e. The van der Waals surface area contributed by atoms with E-state index in [0.717, 1.165) is 19.5 Å². The van der Waals surface area contributed by atoms with Gasteiger partial charge in [0.15, 0.2) is 0 Å². The molecule has 1 amide bonds. The third-order valence-electron chi connectivity index (χ3n) is 3.39. The Bertz CT molecular complexity index is 197. The number of nitrogens with zero attached hydrogens (tertiary/aromatic N) is 1. The molecule has 0 unspecified atom stereocenters. The first kappa shape index (κ1) is 9.00. The van der Waals surface area contributed by atoms with Crippen LogP contribution in [-0.4, -0.2) is 37.0 Å². The minimum atomic E-state index is 0.344. The van der Waals surface area contributed by atoms with E-state index in [1.54, 1.807) is 0 Å². The van der Waals surface area contributed by atoms with E-state index in [1.165, 1.54) is 19.3 Å². The molecule has 0 bridgehead atoms. The van der Waals surface area contributed by atoms with Gasteiger partial charge in [0.05, 0.1) is 6.04 Å². The Balaban J connectivity index is 1.74. The van der Waals surface area contributed by atoms with Crippen LogP contribution in [0.4, 0.5) is 0 Å². The van der Waals surface area contributed by atoms with E-state index in [9.17, 15) is 4.79 Å². The highest BCUT2D eigenvalue weighted by molar-refractivity contribution is 5.76. The van der Waals surface area contributed by atoms with Crippen molar-refractivity contribution in [3.8, 4) is 0 Å². The van der Waals surface area contributed by atoms with Crippen LogP contribution >= 0.6 is 0 Å². The van der Waals surface area contributed by atoms with Gasteiger partial charge in [-0.3, -0.25) is 4.79 Å². The maximum absolute atomic E-state index is 11.7. The van der Waals surface area contributed by atoms with Crippen LogP contribution in [0.2, 0.25) is 0 Å². The molecule has 1 aliphatic carbocycles. The number of nitrogens with one attached hydrogen (secondary N) is 1. The van der Waals surface area contributed by atoms with Gasteiger partial charge in [0.25, 0.3) is 0 Å². The average Bonchev–Trinajstić information content (AvgIpc) is 1.92. The molecule has 1 saturated heterocycles. The summed E-state index contributed by atoms with van der Waals surface area (Å²) in [7, 11) is 1.94. The second kappa shape index (κ2) is 3.66. The highest BCUT2D eigenvalue weighted by Crippen LogP contribution is 2.29. The van der Waals surface area contributed by atoms with Crippen LogP contribution < -0.4 is 5.32 Å². The highest BCUT2D eigenvalue weighted by Gasteiger charge is 2.28. The molecule has 0 aromatic heterocycles. The van der Waals surface area contributed by atoms with Gasteiger partial charge in [-0.25, -0.2) is 0 Å². The minimum absolute atomic E-state index is 0.344. The Morgan fingerprint density at radius 3 is 2.54 bits per heavy atom. The first-order chi connectivity index (χ1) is 6.27. The van der Waals surface area contributed by atoms with E-state index < -0.39 is 0 Å². The van der Waals surface area contributed by atoms with E-state index in [-0.39, 0.29) is 0 Å². The maximum Gasteiger partial charge on any atom is 0.222 e. The molecular weight excluding hydrogens is 164 g/mol. The van der Waals surface area contributed by atoms with Gasteiger partial charge in [0, 0.05) is 26.6 Å². The predicted molar refractivity (Wildman–Crippen MR) is 51.4 cm³/mol. The summed E-state index contributed by atoms with van der Waals surface area (Å²) < 4.78 is 0. The molecule has 0 aromatic rings. The van der Waals surface area contributed by atoms with Gasteiger partial charge in [0.1, 0.15) is 0 Å². The molecule has 2 aliphatic rings. The molecule has 0 atom stereocenters. The summed E-state index contributed by atoms with van der Waals surface area (Å²) in [5.41, 5.74) is 0. The fourth-order valence-electron chi connectivity index (χ4n) is 1.84. The average molecular weight is 182 g/mol. The maximum atomic E-state index is 11.7. The van der Waals surface area contributed by atoms with E-state index in [4.69, 9.17) is 0 Å². The zero-order chi connectivity index (χ0) is 9.26. The zero-order valence-corrected chi connectivity index (χ0v) is 8.25. The Morgan fingerprint density at radius 1 is 1.46 bits per heavy atom. The van der Waals surface area contributed by atoms with Crippen molar-refractivity contribution < 1.29 is 4.79 Å². The quantitative estimate of drug-likeness (QED) is 0.693. The molecular formula is C10H18N2O. The van der Waals surface area contributed by atoms with Crippen LogP contribution in [0.25, 0.3) is 0 Å². The highest BCUT2D eigenvalue weighted by atomic mass is 16.2. The summed E-state index contributed by atoms with van der Waals surface area (Å²) >= 11 is 0. The fourth-order valence-corrected chi connectivity index (χ4v) is 1.84. The number of likely N-dealkylation sites (N-methyl/N-ethyl adjacent to an activating group) is 1. The molecule has 2 rings (SSSR count). The number of hydrogen-bond acceptors (Lipinski definition) is 2. The van der Waals surface area contributed by atoms with E-state index in [2.05, 4.69) is 5.32 Å². The van der Waals surface area contributed by atoms with Gasteiger partial charge < -0.3 is 10.2 Å². The summed E-state index contributed by atoms with van der Waals surface area (Å²) in [6.07, 6.45) is 4.64. The topological polar surface area (TPSA) is 32.3 Å². The molecule has 0 spiro atoms. The lowest BCUT2D eigenvalue weighted by molar-refractivity contribution is -0.134. The first-order valence-electron chi connectivity index (χ1n) is 5.24. The van der Waals surface area contributed by atoms with Crippen molar-refractivity contribution in [3.05, 3.63) is 0 Å². The lowest BCUT2D eigenvalue weighted by Gasteiger charge is -2.37. The van der Waals surface area contributed by atoms with Crippen LogP contribution in [0.5, 0.6) is 0 Å². The summed E-state index contributed by atoms with van der Waals surface area (Å²) in [6.45, 7) is 1.96.